The first-order valence-corrected chi connectivity index (χ1v) is 15.0. The van der Waals surface area contributed by atoms with E-state index in [0.29, 0.717) is 49.0 Å². The number of piperazine rings is 1. The van der Waals surface area contributed by atoms with Gasteiger partial charge in [-0.05, 0) is 42.8 Å². The Morgan fingerprint density at radius 3 is 2.40 bits per heavy atom. The highest BCUT2D eigenvalue weighted by Gasteiger charge is 2.25. The summed E-state index contributed by atoms with van der Waals surface area (Å²) in [6, 6.07) is 18.9. The molecule has 3 heterocycles. The molecule has 0 spiro atoms. The van der Waals surface area contributed by atoms with Gasteiger partial charge in [-0.15, -0.1) is 11.3 Å². The molecule has 0 N–H and O–H groups in total. The summed E-state index contributed by atoms with van der Waals surface area (Å²) in [6.45, 7) is 6.34. The molecule has 2 amide bonds. The third-order valence-corrected chi connectivity index (χ3v) is 8.48. The van der Waals surface area contributed by atoms with Crippen LogP contribution in [-0.2, 0) is 13.1 Å². The molecule has 5 rings (SSSR count). The van der Waals surface area contributed by atoms with Crippen LogP contribution in [0.15, 0.2) is 72.2 Å². The van der Waals surface area contributed by atoms with Crippen LogP contribution >= 0.6 is 34.5 Å². The monoisotopic (exact) mass is 595 g/mol. The Morgan fingerprint density at radius 1 is 0.950 bits per heavy atom. The maximum Gasteiger partial charge on any atom is 0.273 e. The van der Waals surface area contributed by atoms with Crippen LogP contribution in [0.25, 0.3) is 0 Å². The van der Waals surface area contributed by atoms with Gasteiger partial charge < -0.3 is 19.3 Å². The number of amides is 2. The molecule has 10 heteroatoms. The van der Waals surface area contributed by atoms with E-state index in [9.17, 15) is 9.59 Å². The molecular formula is C30H31Cl2N5O2S. The number of carbonyl (C=O) groups excluding carboxylic acids is 2. The second kappa shape index (κ2) is 12.9. The Hall–Kier alpha value is -3.33. The highest BCUT2D eigenvalue weighted by molar-refractivity contribution is 7.09. The van der Waals surface area contributed by atoms with Crippen molar-refractivity contribution in [2.24, 2.45) is 0 Å². The van der Waals surface area contributed by atoms with Crippen molar-refractivity contribution in [2.45, 2.75) is 26.4 Å². The lowest BCUT2D eigenvalue weighted by Crippen LogP contribution is -2.49. The summed E-state index contributed by atoms with van der Waals surface area (Å²) in [4.78, 5) is 37.1. The average Bonchev–Trinajstić information content (AvgIpc) is 3.62. The SMILES string of the molecule is CCCN(Cc1cccn1Cc1nc(C(=O)N2CCN(c3ccccc3Cl)CC2)cs1)C(=O)c1ccccc1Cl. The fourth-order valence-corrected chi connectivity index (χ4v) is 6.16. The van der Waals surface area contributed by atoms with E-state index >= 15 is 0 Å². The maximum atomic E-state index is 13.3. The fraction of sp³-hybridized carbons (Fsp3) is 0.300. The molecule has 208 valence electrons. The molecule has 1 aliphatic rings. The molecule has 2 aromatic heterocycles. The highest BCUT2D eigenvalue weighted by atomic mass is 35.5. The van der Waals surface area contributed by atoms with Crippen molar-refractivity contribution in [3.63, 3.8) is 0 Å². The van der Waals surface area contributed by atoms with Crippen molar-refractivity contribution in [2.75, 3.05) is 37.6 Å². The molecule has 1 saturated heterocycles. The summed E-state index contributed by atoms with van der Waals surface area (Å²) in [7, 11) is 0. The zero-order valence-electron chi connectivity index (χ0n) is 22.3. The van der Waals surface area contributed by atoms with Gasteiger partial charge in [-0.2, -0.15) is 0 Å². The molecule has 0 bridgehead atoms. The summed E-state index contributed by atoms with van der Waals surface area (Å²) >= 11 is 14.1. The number of halogens is 2. The average molecular weight is 597 g/mol. The first kappa shape index (κ1) is 28.2. The molecule has 40 heavy (non-hydrogen) atoms. The first-order valence-electron chi connectivity index (χ1n) is 13.4. The molecule has 1 fully saturated rings. The molecule has 0 radical (unpaired) electrons. The molecule has 0 aliphatic carbocycles. The molecule has 4 aromatic rings. The number of carbonyl (C=O) groups is 2. The van der Waals surface area contributed by atoms with E-state index < -0.39 is 0 Å². The summed E-state index contributed by atoms with van der Waals surface area (Å²) in [6.07, 6.45) is 2.82. The number of anilines is 1. The normalized spacial score (nSPS) is 13.5. The van der Waals surface area contributed by atoms with Crippen LogP contribution in [0.4, 0.5) is 5.69 Å². The van der Waals surface area contributed by atoms with Gasteiger partial charge in [-0.1, -0.05) is 54.4 Å². The number of nitrogens with zero attached hydrogens (tertiary/aromatic N) is 5. The molecule has 0 atom stereocenters. The number of para-hydroxylation sites is 1. The van der Waals surface area contributed by atoms with Gasteiger partial charge in [0, 0.05) is 50.0 Å². The maximum absolute atomic E-state index is 13.3. The van der Waals surface area contributed by atoms with Crippen molar-refractivity contribution >= 4 is 52.0 Å². The minimum Gasteiger partial charge on any atom is -0.367 e. The highest BCUT2D eigenvalue weighted by Crippen LogP contribution is 2.26. The lowest BCUT2D eigenvalue weighted by atomic mass is 10.2. The lowest BCUT2D eigenvalue weighted by molar-refractivity contribution is 0.0732. The summed E-state index contributed by atoms with van der Waals surface area (Å²) in [5.74, 6) is -0.134. The van der Waals surface area contributed by atoms with E-state index in [4.69, 9.17) is 23.2 Å². The topological polar surface area (TPSA) is 61.7 Å². The van der Waals surface area contributed by atoms with Gasteiger partial charge in [0.05, 0.1) is 34.4 Å². The van der Waals surface area contributed by atoms with Gasteiger partial charge in [0.2, 0.25) is 0 Å². The fourth-order valence-electron chi connectivity index (χ4n) is 4.92. The van der Waals surface area contributed by atoms with Crippen molar-refractivity contribution in [1.29, 1.82) is 0 Å². The van der Waals surface area contributed by atoms with Crippen LogP contribution in [0.2, 0.25) is 10.0 Å². The van der Waals surface area contributed by atoms with Crippen molar-refractivity contribution < 1.29 is 9.59 Å². The first-order chi connectivity index (χ1) is 19.4. The third kappa shape index (κ3) is 6.35. The molecule has 7 nitrogen and oxygen atoms in total. The Balaban J connectivity index is 1.22. The number of hydrogen-bond acceptors (Lipinski definition) is 5. The zero-order chi connectivity index (χ0) is 28.1. The quantitative estimate of drug-likeness (QED) is 0.227. The van der Waals surface area contributed by atoms with E-state index in [1.807, 2.05) is 69.9 Å². The predicted molar refractivity (Wildman–Crippen MR) is 162 cm³/mol. The van der Waals surface area contributed by atoms with E-state index in [-0.39, 0.29) is 11.8 Å². The van der Waals surface area contributed by atoms with Gasteiger partial charge in [0.1, 0.15) is 10.7 Å². The van der Waals surface area contributed by atoms with Crippen LogP contribution in [0.1, 0.15) is 44.9 Å². The van der Waals surface area contributed by atoms with Gasteiger partial charge >= 0.3 is 0 Å². The Bertz CT molecular complexity index is 1480. The standard InChI is InChI=1S/C30H31Cl2N5O2S/c1-2-13-37(29(38)23-9-3-4-10-24(23)31)19-22-8-7-14-36(22)20-28-33-26(21-40-28)30(39)35-17-15-34(16-18-35)27-12-6-5-11-25(27)32/h3-12,14,21H,2,13,15-20H2,1H3. The largest absolute Gasteiger partial charge is 0.367 e. The van der Waals surface area contributed by atoms with Crippen LogP contribution in [0, 0.1) is 0 Å². The number of benzene rings is 2. The van der Waals surface area contributed by atoms with E-state index in [1.165, 1.54) is 11.3 Å². The Morgan fingerprint density at radius 2 is 1.68 bits per heavy atom. The Labute approximate surface area is 248 Å². The van der Waals surface area contributed by atoms with Crippen LogP contribution in [0.5, 0.6) is 0 Å². The minimum absolute atomic E-state index is 0.0477. The second-order valence-electron chi connectivity index (χ2n) is 9.69. The molecule has 0 saturated carbocycles. The zero-order valence-corrected chi connectivity index (χ0v) is 24.6. The number of thiazole rings is 1. The Kier molecular flexibility index (Phi) is 9.09. The number of aromatic nitrogens is 2. The van der Waals surface area contributed by atoms with Crippen LogP contribution in [0.3, 0.4) is 0 Å². The summed E-state index contributed by atoms with van der Waals surface area (Å²) in [5.41, 5.74) is 2.97. The van der Waals surface area contributed by atoms with E-state index in [1.54, 1.807) is 12.1 Å². The van der Waals surface area contributed by atoms with Gasteiger partial charge in [-0.3, -0.25) is 9.59 Å². The lowest BCUT2D eigenvalue weighted by Gasteiger charge is -2.36. The smallest absolute Gasteiger partial charge is 0.273 e. The summed E-state index contributed by atoms with van der Waals surface area (Å²) < 4.78 is 2.08. The second-order valence-corrected chi connectivity index (χ2v) is 11.4. The molecule has 1 aliphatic heterocycles. The minimum atomic E-state index is -0.0861. The van der Waals surface area contributed by atoms with Crippen molar-refractivity contribution in [3.8, 4) is 0 Å². The summed E-state index contributed by atoms with van der Waals surface area (Å²) in [5, 5.41) is 3.86. The van der Waals surface area contributed by atoms with Crippen LogP contribution < -0.4 is 4.90 Å². The van der Waals surface area contributed by atoms with E-state index in [2.05, 4.69) is 21.4 Å². The number of rotatable bonds is 9. The third-order valence-electron chi connectivity index (χ3n) is 7.00. The van der Waals surface area contributed by atoms with Crippen molar-refractivity contribution in [3.05, 3.63) is 104 Å². The van der Waals surface area contributed by atoms with Crippen LogP contribution in [-0.4, -0.2) is 63.9 Å². The molecule has 0 unspecified atom stereocenters. The molecular weight excluding hydrogens is 565 g/mol. The van der Waals surface area contributed by atoms with Gasteiger partial charge in [0.15, 0.2) is 0 Å². The van der Waals surface area contributed by atoms with Gasteiger partial charge in [-0.25, -0.2) is 4.98 Å². The number of hydrogen-bond donors (Lipinski definition) is 0. The molecule has 2 aromatic carbocycles. The van der Waals surface area contributed by atoms with Gasteiger partial charge in [0.25, 0.3) is 11.8 Å². The van der Waals surface area contributed by atoms with E-state index in [0.717, 1.165) is 40.9 Å². The van der Waals surface area contributed by atoms with Crippen molar-refractivity contribution in [1.82, 2.24) is 19.4 Å². The predicted octanol–water partition coefficient (Wildman–Crippen LogP) is 6.31.